The highest BCUT2D eigenvalue weighted by Gasteiger charge is 2.29. The fourth-order valence-electron chi connectivity index (χ4n) is 1.50. The molecule has 1 rings (SSSR count). The zero-order chi connectivity index (χ0) is 18.2. The molecule has 0 bridgehead atoms. The van der Waals surface area contributed by atoms with Gasteiger partial charge >= 0.3 is 18.2 Å². The molecule has 9 heteroatoms. The molecular formula is C15H15F3N2O4. The van der Waals surface area contributed by atoms with Crippen LogP contribution in [-0.2, 0) is 20.5 Å². The van der Waals surface area contributed by atoms with Crippen molar-refractivity contribution in [2.75, 3.05) is 13.2 Å². The lowest BCUT2D eigenvalue weighted by Gasteiger charge is -2.06. The summed E-state index contributed by atoms with van der Waals surface area (Å²) in [6, 6.07) is 3.43. The van der Waals surface area contributed by atoms with E-state index in [2.05, 4.69) is 10.1 Å². The molecule has 0 aromatic heterocycles. The normalized spacial score (nSPS) is 11.2. The number of benzene rings is 1. The monoisotopic (exact) mass is 344 g/mol. The Balaban J connectivity index is 2.46. The Kier molecular flexibility index (Phi) is 6.97. The molecule has 3 amide bonds. The van der Waals surface area contributed by atoms with Crippen LogP contribution in [0.2, 0.25) is 0 Å². The number of esters is 1. The Bertz CT molecular complexity index is 625. The molecule has 0 spiro atoms. The van der Waals surface area contributed by atoms with Gasteiger partial charge in [0.2, 0.25) is 0 Å². The summed E-state index contributed by atoms with van der Waals surface area (Å²) in [7, 11) is 0. The van der Waals surface area contributed by atoms with Crippen LogP contribution in [-0.4, -0.2) is 31.1 Å². The summed E-state index contributed by atoms with van der Waals surface area (Å²) >= 11 is 0. The van der Waals surface area contributed by atoms with Crippen LogP contribution in [0.3, 0.4) is 0 Å². The molecule has 6 nitrogen and oxygen atoms in total. The maximum atomic E-state index is 12.4. The van der Waals surface area contributed by atoms with E-state index in [9.17, 15) is 27.6 Å². The second-order valence-corrected chi connectivity index (χ2v) is 4.47. The number of hydrogen-bond acceptors (Lipinski definition) is 4. The Labute approximate surface area is 135 Å². The van der Waals surface area contributed by atoms with Gasteiger partial charge in [0.25, 0.3) is 5.91 Å². The molecule has 0 heterocycles. The first-order valence-corrected chi connectivity index (χ1v) is 6.82. The minimum absolute atomic E-state index is 0.328. The van der Waals surface area contributed by atoms with Gasteiger partial charge in [-0.3, -0.25) is 10.1 Å². The summed E-state index contributed by atoms with van der Waals surface area (Å²) in [6.07, 6.45) is -2.23. The fraction of sp³-hybridized carbons (Fsp3) is 0.267. The highest BCUT2D eigenvalue weighted by Crippen LogP contribution is 2.29. The standard InChI is InChI=1S/C15H15F3N2O4/c1-2-19-14(23)20-12(21)9-24-13(22)8-5-10-3-6-11(7-4-10)15(16,17)18/h3-8H,2,9H2,1H3,(H2,19,20,21,23)/b8-5+. The van der Waals surface area contributed by atoms with Gasteiger partial charge in [-0.05, 0) is 30.7 Å². The van der Waals surface area contributed by atoms with E-state index in [0.29, 0.717) is 12.1 Å². The first-order chi connectivity index (χ1) is 11.2. The average molecular weight is 344 g/mol. The van der Waals surface area contributed by atoms with Crippen LogP contribution < -0.4 is 10.6 Å². The van der Waals surface area contributed by atoms with E-state index >= 15 is 0 Å². The summed E-state index contributed by atoms with van der Waals surface area (Å²) in [5.74, 6) is -1.68. The molecule has 24 heavy (non-hydrogen) atoms. The number of urea groups is 1. The molecule has 0 saturated carbocycles. The van der Waals surface area contributed by atoms with Gasteiger partial charge in [0.15, 0.2) is 6.61 Å². The van der Waals surface area contributed by atoms with Crippen molar-refractivity contribution in [1.82, 2.24) is 10.6 Å². The number of alkyl halides is 3. The SMILES string of the molecule is CCNC(=O)NC(=O)COC(=O)/C=C/c1ccc(C(F)(F)F)cc1. The van der Waals surface area contributed by atoms with Crippen LogP contribution in [0.25, 0.3) is 6.08 Å². The predicted molar refractivity (Wildman–Crippen MR) is 78.7 cm³/mol. The lowest BCUT2D eigenvalue weighted by Crippen LogP contribution is -2.41. The molecule has 130 valence electrons. The maximum absolute atomic E-state index is 12.4. The molecule has 0 saturated heterocycles. The van der Waals surface area contributed by atoms with Gasteiger partial charge in [-0.15, -0.1) is 0 Å². The third-order valence-corrected chi connectivity index (χ3v) is 2.59. The maximum Gasteiger partial charge on any atom is 0.416 e. The van der Waals surface area contributed by atoms with Crippen LogP contribution in [0, 0.1) is 0 Å². The van der Waals surface area contributed by atoms with Gasteiger partial charge in [0.1, 0.15) is 0 Å². The van der Waals surface area contributed by atoms with Crippen LogP contribution in [0.1, 0.15) is 18.1 Å². The van der Waals surface area contributed by atoms with Gasteiger partial charge in [-0.25, -0.2) is 9.59 Å². The van der Waals surface area contributed by atoms with Crippen LogP contribution in [0.4, 0.5) is 18.0 Å². The molecule has 0 aliphatic heterocycles. The first kappa shape index (κ1) is 19.2. The summed E-state index contributed by atoms with van der Waals surface area (Å²) in [5, 5.41) is 4.25. The zero-order valence-corrected chi connectivity index (χ0v) is 12.6. The van der Waals surface area contributed by atoms with Crippen LogP contribution in [0.15, 0.2) is 30.3 Å². The highest BCUT2D eigenvalue weighted by atomic mass is 19.4. The Morgan fingerprint density at radius 3 is 2.33 bits per heavy atom. The van der Waals surface area contributed by atoms with Crippen LogP contribution in [0.5, 0.6) is 0 Å². The number of nitrogens with one attached hydrogen (secondary N) is 2. The molecule has 0 atom stereocenters. The van der Waals surface area contributed by atoms with Gasteiger partial charge in [0, 0.05) is 12.6 Å². The molecular weight excluding hydrogens is 329 g/mol. The molecule has 0 fully saturated rings. The molecule has 0 radical (unpaired) electrons. The number of amides is 3. The molecule has 0 aliphatic carbocycles. The minimum Gasteiger partial charge on any atom is -0.452 e. The van der Waals surface area contributed by atoms with Crippen molar-refractivity contribution in [3.8, 4) is 0 Å². The second-order valence-electron chi connectivity index (χ2n) is 4.47. The predicted octanol–water partition coefficient (Wildman–Crippen LogP) is 2.11. The number of hydrogen-bond donors (Lipinski definition) is 2. The Morgan fingerprint density at radius 1 is 1.17 bits per heavy atom. The highest BCUT2D eigenvalue weighted by molar-refractivity contribution is 5.96. The van der Waals surface area contributed by atoms with Crippen molar-refractivity contribution in [3.05, 3.63) is 41.5 Å². The van der Waals surface area contributed by atoms with E-state index in [-0.39, 0.29) is 0 Å². The lowest BCUT2D eigenvalue weighted by atomic mass is 10.1. The van der Waals surface area contributed by atoms with Crippen molar-refractivity contribution in [2.45, 2.75) is 13.1 Å². The molecule has 1 aromatic carbocycles. The smallest absolute Gasteiger partial charge is 0.416 e. The summed E-state index contributed by atoms with van der Waals surface area (Å²) < 4.78 is 41.8. The molecule has 0 aliphatic rings. The quantitative estimate of drug-likeness (QED) is 0.633. The van der Waals surface area contributed by atoms with E-state index in [4.69, 9.17) is 0 Å². The molecule has 0 unspecified atom stereocenters. The van der Waals surface area contributed by atoms with E-state index in [1.807, 2.05) is 5.32 Å². The zero-order valence-electron chi connectivity index (χ0n) is 12.6. The fourth-order valence-corrected chi connectivity index (χ4v) is 1.50. The van der Waals surface area contributed by atoms with E-state index in [0.717, 1.165) is 18.2 Å². The summed E-state index contributed by atoms with van der Waals surface area (Å²) in [6.45, 7) is 1.33. The van der Waals surface area contributed by atoms with Gasteiger partial charge in [0.05, 0.1) is 5.56 Å². The number of carbonyl (C=O) groups excluding carboxylic acids is 3. The first-order valence-electron chi connectivity index (χ1n) is 6.82. The van der Waals surface area contributed by atoms with E-state index in [1.165, 1.54) is 18.2 Å². The van der Waals surface area contributed by atoms with Crippen molar-refractivity contribution < 1.29 is 32.3 Å². The van der Waals surface area contributed by atoms with Crippen molar-refractivity contribution in [2.24, 2.45) is 0 Å². The third kappa shape index (κ3) is 6.95. The topological polar surface area (TPSA) is 84.5 Å². The van der Waals surface area contributed by atoms with Gasteiger partial charge in [-0.1, -0.05) is 12.1 Å². The van der Waals surface area contributed by atoms with E-state index < -0.39 is 36.3 Å². The molecule has 2 N–H and O–H groups in total. The third-order valence-electron chi connectivity index (χ3n) is 2.59. The number of carbonyl (C=O) groups is 3. The van der Waals surface area contributed by atoms with Crippen molar-refractivity contribution >= 4 is 24.0 Å². The summed E-state index contributed by atoms with van der Waals surface area (Å²) in [5.41, 5.74) is -0.448. The average Bonchev–Trinajstić information content (AvgIpc) is 2.50. The largest absolute Gasteiger partial charge is 0.452 e. The van der Waals surface area contributed by atoms with E-state index in [1.54, 1.807) is 6.92 Å². The Morgan fingerprint density at radius 2 is 1.79 bits per heavy atom. The number of ether oxygens (including phenoxy) is 1. The second kappa shape index (κ2) is 8.70. The van der Waals surface area contributed by atoms with Crippen molar-refractivity contribution in [3.63, 3.8) is 0 Å². The van der Waals surface area contributed by atoms with Gasteiger partial charge in [-0.2, -0.15) is 13.2 Å². The van der Waals surface area contributed by atoms with Gasteiger partial charge < -0.3 is 10.1 Å². The Hall–Kier alpha value is -2.84. The minimum atomic E-state index is -4.43. The van der Waals surface area contributed by atoms with Crippen molar-refractivity contribution in [1.29, 1.82) is 0 Å². The molecule has 1 aromatic rings. The summed E-state index contributed by atoms with van der Waals surface area (Å²) in [4.78, 5) is 33.7. The number of imide groups is 1. The lowest BCUT2D eigenvalue weighted by molar-refractivity contribution is -0.143. The number of rotatable bonds is 5. The number of halogens is 3. The van der Waals surface area contributed by atoms with Crippen LogP contribution >= 0.6 is 0 Å².